The van der Waals surface area contributed by atoms with Crippen LogP contribution in [-0.4, -0.2) is 70.1 Å². The largest absolute Gasteiger partial charge is 0.444 e. The zero-order chi connectivity index (χ0) is 17.4. The number of amides is 1. The number of carbonyl (C=O) groups is 1. The molecule has 2 N–H and O–H groups in total. The second kappa shape index (κ2) is 6.39. The van der Waals surface area contributed by atoms with Crippen LogP contribution in [0.25, 0.3) is 0 Å². The first-order valence-corrected chi connectivity index (χ1v) is 7.84. The van der Waals surface area contributed by atoms with E-state index in [1.54, 1.807) is 46.8 Å². The molecule has 7 heteroatoms. The van der Waals surface area contributed by atoms with Crippen molar-refractivity contribution in [1.29, 1.82) is 0 Å². The van der Waals surface area contributed by atoms with Crippen molar-refractivity contribution < 1.29 is 29.2 Å². The quantitative estimate of drug-likeness (QED) is 0.752. The normalized spacial score (nSPS) is 29.6. The predicted octanol–water partition coefficient (Wildman–Crippen LogP) is 1.04. The van der Waals surface area contributed by atoms with Gasteiger partial charge >= 0.3 is 6.09 Å². The predicted molar refractivity (Wildman–Crippen MR) is 82.8 cm³/mol. The fourth-order valence-electron chi connectivity index (χ4n) is 2.66. The molecule has 0 aromatic rings. The molecule has 2 heterocycles. The van der Waals surface area contributed by atoms with E-state index < -0.39 is 41.8 Å². The molecule has 0 aliphatic carbocycles. The number of hydrogen-bond donors (Lipinski definition) is 2. The van der Waals surface area contributed by atoms with Gasteiger partial charge in [-0.05, 0) is 34.6 Å². The summed E-state index contributed by atoms with van der Waals surface area (Å²) in [7, 11) is 0. The summed E-state index contributed by atoms with van der Waals surface area (Å²) in [6.07, 6.45) is -0.0745. The Bertz CT molecular complexity index is 470. The Morgan fingerprint density at radius 2 is 2.00 bits per heavy atom. The van der Waals surface area contributed by atoms with Crippen LogP contribution in [0.4, 0.5) is 4.79 Å². The summed E-state index contributed by atoms with van der Waals surface area (Å²) in [4.78, 5) is 13.6. The Balaban J connectivity index is 2.01. The minimum Gasteiger partial charge on any atom is -0.444 e. The van der Waals surface area contributed by atoms with Crippen LogP contribution in [0.3, 0.4) is 0 Å². The molecular formula is C16H27NO6. The number of nitrogens with zero attached hydrogens (tertiary/aromatic N) is 1. The van der Waals surface area contributed by atoms with E-state index in [0.717, 1.165) is 0 Å². The molecule has 1 fully saturated rings. The maximum Gasteiger partial charge on any atom is 0.411 e. The number of hydrogen-bond acceptors (Lipinski definition) is 6. The Morgan fingerprint density at radius 3 is 2.52 bits per heavy atom. The van der Waals surface area contributed by atoms with E-state index in [2.05, 4.69) is 0 Å². The van der Waals surface area contributed by atoms with Gasteiger partial charge in [-0.25, -0.2) is 4.79 Å². The second-order valence-electron chi connectivity index (χ2n) is 7.40. The molecule has 2 rings (SSSR count). The third-order valence-electron chi connectivity index (χ3n) is 3.73. The van der Waals surface area contributed by atoms with E-state index in [1.807, 2.05) is 0 Å². The van der Waals surface area contributed by atoms with Crippen LogP contribution in [0.2, 0.25) is 0 Å². The zero-order valence-corrected chi connectivity index (χ0v) is 14.4. The van der Waals surface area contributed by atoms with Crippen LogP contribution < -0.4 is 0 Å². The molecule has 4 atom stereocenters. The van der Waals surface area contributed by atoms with Gasteiger partial charge in [0.15, 0.2) is 5.79 Å². The van der Waals surface area contributed by atoms with Crippen molar-refractivity contribution in [1.82, 2.24) is 4.90 Å². The molecule has 1 saturated heterocycles. The zero-order valence-electron chi connectivity index (χ0n) is 14.4. The standard InChI is InChI=1S/C16H27NO6/c1-15(2,3)23-14(20)17-8-6-7-10(17)12(18)13(19)11-9-21-16(4,5)22-11/h6-7,10-13,18-19H,8-9H2,1-5H3/t10-,11+,12-,13-/m1/s1. The molecule has 1 amide bonds. The van der Waals surface area contributed by atoms with Gasteiger partial charge in [0.1, 0.15) is 23.9 Å². The topological polar surface area (TPSA) is 88.5 Å². The molecule has 132 valence electrons. The summed E-state index contributed by atoms with van der Waals surface area (Å²) in [6.45, 7) is 9.34. The molecule has 2 aliphatic rings. The van der Waals surface area contributed by atoms with Crippen molar-refractivity contribution in [2.75, 3.05) is 13.2 Å². The molecular weight excluding hydrogens is 302 g/mol. The molecule has 0 radical (unpaired) electrons. The number of ether oxygens (including phenoxy) is 3. The fraction of sp³-hybridized carbons (Fsp3) is 0.812. The SMILES string of the molecule is CC(C)(C)OC(=O)N1CC=C[C@@H]1[C@@H](O)[C@H](O)[C@@H]1COC(C)(C)O1. The van der Waals surface area contributed by atoms with Gasteiger partial charge in [0.2, 0.25) is 0 Å². The number of carbonyl (C=O) groups excluding carboxylic acids is 1. The van der Waals surface area contributed by atoms with E-state index >= 15 is 0 Å². The first-order valence-electron chi connectivity index (χ1n) is 7.84. The minimum absolute atomic E-state index is 0.189. The molecule has 7 nitrogen and oxygen atoms in total. The van der Waals surface area contributed by atoms with Gasteiger partial charge in [-0.2, -0.15) is 0 Å². The molecule has 0 aromatic carbocycles. The Labute approximate surface area is 136 Å². The molecule has 0 unspecified atom stereocenters. The van der Waals surface area contributed by atoms with Crippen LogP contribution in [0.5, 0.6) is 0 Å². The molecule has 0 bridgehead atoms. The lowest BCUT2D eigenvalue weighted by atomic mass is 10.0. The number of aliphatic hydroxyl groups excluding tert-OH is 2. The minimum atomic E-state index is -1.19. The summed E-state index contributed by atoms with van der Waals surface area (Å²) in [5.74, 6) is -0.790. The lowest BCUT2D eigenvalue weighted by Gasteiger charge is -2.33. The van der Waals surface area contributed by atoms with Crippen molar-refractivity contribution in [2.24, 2.45) is 0 Å². The van der Waals surface area contributed by atoms with E-state index in [-0.39, 0.29) is 6.61 Å². The number of aliphatic hydroxyl groups is 2. The van der Waals surface area contributed by atoms with Gasteiger partial charge in [-0.1, -0.05) is 12.2 Å². The first-order chi connectivity index (χ1) is 10.5. The van der Waals surface area contributed by atoms with Gasteiger partial charge in [-0.15, -0.1) is 0 Å². The van der Waals surface area contributed by atoms with Gasteiger partial charge in [0.25, 0.3) is 0 Å². The van der Waals surface area contributed by atoms with Crippen molar-refractivity contribution in [2.45, 2.75) is 70.4 Å². The van der Waals surface area contributed by atoms with E-state index in [0.29, 0.717) is 6.54 Å². The third-order valence-corrected chi connectivity index (χ3v) is 3.73. The van der Waals surface area contributed by atoms with Gasteiger partial charge < -0.3 is 24.4 Å². The average molecular weight is 329 g/mol. The highest BCUT2D eigenvalue weighted by molar-refractivity contribution is 5.70. The van der Waals surface area contributed by atoms with E-state index in [9.17, 15) is 15.0 Å². The molecule has 0 saturated carbocycles. The second-order valence-corrected chi connectivity index (χ2v) is 7.40. The highest BCUT2D eigenvalue weighted by atomic mass is 16.7. The third kappa shape index (κ3) is 4.44. The Morgan fingerprint density at radius 1 is 1.35 bits per heavy atom. The van der Waals surface area contributed by atoms with Crippen LogP contribution in [-0.2, 0) is 14.2 Å². The van der Waals surface area contributed by atoms with E-state index in [4.69, 9.17) is 14.2 Å². The smallest absolute Gasteiger partial charge is 0.411 e. The van der Waals surface area contributed by atoms with Gasteiger partial charge in [-0.3, -0.25) is 4.90 Å². The van der Waals surface area contributed by atoms with Crippen LogP contribution in [0.1, 0.15) is 34.6 Å². The van der Waals surface area contributed by atoms with E-state index in [1.165, 1.54) is 4.90 Å². The molecule has 0 spiro atoms. The van der Waals surface area contributed by atoms with Crippen LogP contribution in [0.15, 0.2) is 12.2 Å². The maximum absolute atomic E-state index is 12.2. The van der Waals surface area contributed by atoms with Crippen molar-refractivity contribution in [3.8, 4) is 0 Å². The summed E-state index contributed by atoms with van der Waals surface area (Å²) in [5, 5.41) is 20.9. The fourth-order valence-corrected chi connectivity index (χ4v) is 2.66. The average Bonchev–Trinajstić information content (AvgIpc) is 3.01. The molecule has 0 aromatic heterocycles. The highest BCUT2D eigenvalue weighted by Gasteiger charge is 2.44. The van der Waals surface area contributed by atoms with Crippen LogP contribution >= 0.6 is 0 Å². The highest BCUT2D eigenvalue weighted by Crippen LogP contribution is 2.28. The molecule has 23 heavy (non-hydrogen) atoms. The van der Waals surface area contributed by atoms with Crippen molar-refractivity contribution in [3.63, 3.8) is 0 Å². The first kappa shape index (κ1) is 18.2. The summed E-state index contributed by atoms with van der Waals surface area (Å²) >= 11 is 0. The lowest BCUT2D eigenvalue weighted by Crippen LogP contribution is -2.52. The summed E-state index contributed by atoms with van der Waals surface area (Å²) < 4.78 is 16.3. The number of rotatable bonds is 3. The van der Waals surface area contributed by atoms with Crippen LogP contribution in [0, 0.1) is 0 Å². The lowest BCUT2D eigenvalue weighted by molar-refractivity contribution is -0.163. The van der Waals surface area contributed by atoms with Crippen molar-refractivity contribution >= 4 is 6.09 Å². The molecule has 2 aliphatic heterocycles. The summed E-state index contributed by atoms with van der Waals surface area (Å²) in [6, 6.07) is -0.660. The Kier molecular flexibility index (Phi) is 5.06. The van der Waals surface area contributed by atoms with Gasteiger partial charge in [0.05, 0.1) is 12.6 Å². The Hall–Kier alpha value is -1.15. The maximum atomic E-state index is 12.2. The van der Waals surface area contributed by atoms with Crippen molar-refractivity contribution in [3.05, 3.63) is 12.2 Å². The summed E-state index contributed by atoms with van der Waals surface area (Å²) in [5.41, 5.74) is -0.625. The van der Waals surface area contributed by atoms with Gasteiger partial charge in [0, 0.05) is 6.54 Å². The monoisotopic (exact) mass is 329 g/mol.